The van der Waals surface area contributed by atoms with Gasteiger partial charge in [-0.25, -0.2) is 4.79 Å². The molecule has 0 unspecified atom stereocenters. The smallest absolute Gasteiger partial charge is 0.328 e. The number of carboxylic acids is 1. The highest BCUT2D eigenvalue weighted by molar-refractivity contribution is 5.94. The molecule has 1 aliphatic heterocycles. The predicted molar refractivity (Wildman–Crippen MR) is 53.1 cm³/mol. The van der Waals surface area contributed by atoms with E-state index in [0.717, 1.165) is 12.2 Å². The molecule has 0 aromatic carbocycles. The molecule has 1 fully saturated rings. The number of likely N-dealkylation sites (tertiary alicyclic amines) is 1. The number of aliphatic carboxylic acids is 1. The molecule has 1 aliphatic rings. The van der Waals surface area contributed by atoms with Gasteiger partial charge in [0.1, 0.15) is 0 Å². The van der Waals surface area contributed by atoms with Crippen molar-refractivity contribution >= 4 is 11.9 Å². The molecule has 1 amide bonds. The summed E-state index contributed by atoms with van der Waals surface area (Å²) in [6.45, 7) is 3.11. The Hall–Kier alpha value is -1.36. The number of rotatable bonds is 3. The summed E-state index contributed by atoms with van der Waals surface area (Å²) in [7, 11) is 0. The maximum absolute atomic E-state index is 11.5. The summed E-state index contributed by atoms with van der Waals surface area (Å²) in [4.78, 5) is 23.2. The minimum Gasteiger partial charge on any atom is -0.478 e. The zero-order valence-corrected chi connectivity index (χ0v) is 8.59. The Morgan fingerprint density at radius 2 is 2.07 bits per heavy atom. The molecule has 5 heteroatoms. The number of aliphatic hydroxyl groups excluding tert-OH is 1. The zero-order valence-electron chi connectivity index (χ0n) is 8.59. The number of nitrogens with zero attached hydrogens (tertiary/aromatic N) is 1. The standard InChI is InChI=1S/C10H15NO4/c1-7-4-11(5-8(7)6-12)9(13)2-3-10(14)15/h2-3,7-8,12H,4-6H2,1H3,(H,14,15)/b3-2+/t7-,8+/m1/s1. The Morgan fingerprint density at radius 1 is 1.40 bits per heavy atom. The number of aliphatic hydroxyl groups is 1. The van der Waals surface area contributed by atoms with Crippen LogP contribution in [0.2, 0.25) is 0 Å². The van der Waals surface area contributed by atoms with Gasteiger partial charge in [0.05, 0.1) is 0 Å². The van der Waals surface area contributed by atoms with Crippen molar-refractivity contribution in [1.29, 1.82) is 0 Å². The second-order valence-electron chi connectivity index (χ2n) is 3.83. The van der Waals surface area contributed by atoms with E-state index in [2.05, 4.69) is 0 Å². The Labute approximate surface area is 88.0 Å². The molecular formula is C10H15NO4. The number of hydrogen-bond acceptors (Lipinski definition) is 3. The van der Waals surface area contributed by atoms with Crippen LogP contribution in [-0.2, 0) is 9.59 Å². The average molecular weight is 213 g/mol. The lowest BCUT2D eigenvalue weighted by molar-refractivity contribution is -0.132. The number of carbonyl (C=O) groups is 2. The first-order valence-electron chi connectivity index (χ1n) is 4.85. The Bertz CT molecular complexity index is 287. The molecule has 0 radical (unpaired) electrons. The first-order valence-corrected chi connectivity index (χ1v) is 4.85. The summed E-state index contributed by atoms with van der Waals surface area (Å²) >= 11 is 0. The van der Waals surface area contributed by atoms with Gasteiger partial charge in [-0.1, -0.05) is 6.92 Å². The summed E-state index contributed by atoms with van der Waals surface area (Å²) in [6, 6.07) is 0. The second kappa shape index (κ2) is 4.93. The summed E-state index contributed by atoms with van der Waals surface area (Å²) in [5, 5.41) is 17.4. The topological polar surface area (TPSA) is 77.8 Å². The van der Waals surface area contributed by atoms with Gasteiger partial charge in [-0.2, -0.15) is 0 Å². The van der Waals surface area contributed by atoms with Crippen LogP contribution >= 0.6 is 0 Å². The van der Waals surface area contributed by atoms with Crippen molar-refractivity contribution in [1.82, 2.24) is 4.90 Å². The quantitative estimate of drug-likeness (QED) is 0.632. The molecule has 84 valence electrons. The number of carboxylic acid groups (broad SMARTS) is 1. The van der Waals surface area contributed by atoms with Crippen molar-refractivity contribution in [2.24, 2.45) is 11.8 Å². The molecule has 0 aromatic rings. The first kappa shape index (κ1) is 11.7. The fourth-order valence-electron chi connectivity index (χ4n) is 1.70. The molecule has 2 atom stereocenters. The van der Waals surface area contributed by atoms with Crippen molar-refractivity contribution in [2.45, 2.75) is 6.92 Å². The van der Waals surface area contributed by atoms with Crippen LogP contribution in [0.5, 0.6) is 0 Å². The summed E-state index contributed by atoms with van der Waals surface area (Å²) < 4.78 is 0. The molecule has 1 saturated heterocycles. The third-order valence-corrected chi connectivity index (χ3v) is 2.68. The lowest BCUT2D eigenvalue weighted by Crippen LogP contribution is -2.27. The highest BCUT2D eigenvalue weighted by Crippen LogP contribution is 2.22. The van der Waals surface area contributed by atoms with Gasteiger partial charge in [-0.3, -0.25) is 4.79 Å². The minimum atomic E-state index is -1.13. The van der Waals surface area contributed by atoms with Gasteiger partial charge in [0, 0.05) is 37.8 Å². The van der Waals surface area contributed by atoms with Gasteiger partial charge in [0.15, 0.2) is 0 Å². The normalized spacial score (nSPS) is 26.1. The Balaban J connectivity index is 2.53. The molecule has 1 rings (SSSR count). The van der Waals surface area contributed by atoms with Crippen LogP contribution in [0.4, 0.5) is 0 Å². The fourth-order valence-corrected chi connectivity index (χ4v) is 1.70. The van der Waals surface area contributed by atoms with Crippen molar-refractivity contribution in [3.8, 4) is 0 Å². The lowest BCUT2D eigenvalue weighted by atomic mass is 10.00. The van der Waals surface area contributed by atoms with Gasteiger partial charge in [-0.15, -0.1) is 0 Å². The molecule has 0 aliphatic carbocycles. The van der Waals surface area contributed by atoms with E-state index in [0.29, 0.717) is 13.1 Å². The SMILES string of the molecule is C[C@@H]1CN(C(=O)/C=C/C(=O)O)C[C@H]1CO. The average Bonchev–Trinajstić information content (AvgIpc) is 2.56. The van der Waals surface area contributed by atoms with Crippen molar-refractivity contribution in [3.63, 3.8) is 0 Å². The van der Waals surface area contributed by atoms with Gasteiger partial charge in [-0.05, 0) is 5.92 Å². The van der Waals surface area contributed by atoms with Gasteiger partial charge in [0.2, 0.25) is 5.91 Å². The second-order valence-corrected chi connectivity index (χ2v) is 3.83. The minimum absolute atomic E-state index is 0.0631. The molecule has 0 aromatic heterocycles. The van der Waals surface area contributed by atoms with E-state index in [-0.39, 0.29) is 24.3 Å². The largest absolute Gasteiger partial charge is 0.478 e. The summed E-state index contributed by atoms with van der Waals surface area (Å²) in [5.41, 5.74) is 0. The van der Waals surface area contributed by atoms with Crippen LogP contribution in [0.15, 0.2) is 12.2 Å². The maximum Gasteiger partial charge on any atom is 0.328 e. The lowest BCUT2D eigenvalue weighted by Gasteiger charge is -2.12. The van der Waals surface area contributed by atoms with E-state index in [9.17, 15) is 9.59 Å². The number of carbonyl (C=O) groups excluding carboxylic acids is 1. The molecule has 0 saturated carbocycles. The molecule has 0 spiro atoms. The first-order chi connectivity index (χ1) is 7.04. The predicted octanol–water partition coefficient (Wildman–Crippen LogP) is -0.286. The summed E-state index contributed by atoms with van der Waals surface area (Å²) in [5.74, 6) is -1.07. The molecule has 15 heavy (non-hydrogen) atoms. The highest BCUT2D eigenvalue weighted by atomic mass is 16.4. The van der Waals surface area contributed by atoms with Crippen LogP contribution in [0, 0.1) is 11.8 Å². The summed E-state index contributed by atoms with van der Waals surface area (Å²) in [6.07, 6.45) is 1.88. The van der Waals surface area contributed by atoms with Crippen LogP contribution in [0.1, 0.15) is 6.92 Å². The monoisotopic (exact) mass is 213 g/mol. The Morgan fingerprint density at radius 3 is 2.53 bits per heavy atom. The van der Waals surface area contributed by atoms with E-state index in [1.54, 1.807) is 4.90 Å². The van der Waals surface area contributed by atoms with Gasteiger partial charge < -0.3 is 15.1 Å². The molecule has 5 nitrogen and oxygen atoms in total. The highest BCUT2D eigenvalue weighted by Gasteiger charge is 2.30. The number of hydrogen-bond donors (Lipinski definition) is 2. The fraction of sp³-hybridized carbons (Fsp3) is 0.600. The maximum atomic E-state index is 11.5. The third kappa shape index (κ3) is 3.06. The van der Waals surface area contributed by atoms with Gasteiger partial charge in [0.25, 0.3) is 0 Å². The van der Waals surface area contributed by atoms with E-state index in [1.165, 1.54) is 0 Å². The zero-order chi connectivity index (χ0) is 11.4. The van der Waals surface area contributed by atoms with Crippen LogP contribution < -0.4 is 0 Å². The van der Waals surface area contributed by atoms with Crippen LogP contribution in [0.25, 0.3) is 0 Å². The van der Waals surface area contributed by atoms with Crippen molar-refractivity contribution < 1.29 is 19.8 Å². The van der Waals surface area contributed by atoms with E-state index < -0.39 is 5.97 Å². The molecule has 0 bridgehead atoms. The molecule has 2 N–H and O–H groups in total. The molecular weight excluding hydrogens is 198 g/mol. The van der Waals surface area contributed by atoms with Crippen molar-refractivity contribution in [3.05, 3.63) is 12.2 Å². The van der Waals surface area contributed by atoms with E-state index >= 15 is 0 Å². The van der Waals surface area contributed by atoms with Gasteiger partial charge >= 0.3 is 5.97 Å². The molecule has 1 heterocycles. The van der Waals surface area contributed by atoms with E-state index in [4.69, 9.17) is 10.2 Å². The number of amides is 1. The van der Waals surface area contributed by atoms with Crippen LogP contribution in [-0.4, -0.2) is 46.7 Å². The third-order valence-electron chi connectivity index (χ3n) is 2.68. The van der Waals surface area contributed by atoms with E-state index in [1.807, 2.05) is 6.92 Å². The van der Waals surface area contributed by atoms with Crippen molar-refractivity contribution in [2.75, 3.05) is 19.7 Å². The Kier molecular flexibility index (Phi) is 3.85. The van der Waals surface area contributed by atoms with Crippen LogP contribution in [0.3, 0.4) is 0 Å².